The van der Waals surface area contributed by atoms with E-state index in [0.717, 1.165) is 6.54 Å². The predicted octanol–water partition coefficient (Wildman–Crippen LogP) is 4.88. The molecule has 0 saturated heterocycles. The summed E-state index contributed by atoms with van der Waals surface area (Å²) in [5, 5.41) is 6.26. The molecule has 1 aliphatic rings. The summed E-state index contributed by atoms with van der Waals surface area (Å²) >= 11 is 0. The Balaban J connectivity index is 1.76. The third-order valence-electron chi connectivity index (χ3n) is 4.31. The van der Waals surface area contributed by atoms with E-state index in [4.69, 9.17) is 0 Å². The Labute approximate surface area is 126 Å². The quantitative estimate of drug-likeness (QED) is 0.487. The highest BCUT2D eigenvalue weighted by molar-refractivity contribution is 5.60. The fraction of sp³-hybridized carbons (Fsp3) is 0.941. The molecule has 0 aliphatic carbocycles. The van der Waals surface area contributed by atoms with Gasteiger partial charge < -0.3 is 0 Å². The topological polar surface area (TPSA) is 27.6 Å². The second-order valence-electron chi connectivity index (χ2n) is 6.24. The summed E-state index contributed by atoms with van der Waals surface area (Å²) in [6.45, 7) is 5.53. The lowest BCUT2D eigenvalue weighted by molar-refractivity contribution is 0.169. The third-order valence-corrected chi connectivity index (χ3v) is 4.31. The molecule has 0 amide bonds. The molecular formula is C17H35N3. The minimum absolute atomic E-state index is 0.607. The van der Waals surface area contributed by atoms with Crippen molar-refractivity contribution in [3.63, 3.8) is 0 Å². The summed E-state index contributed by atoms with van der Waals surface area (Å²) in [6, 6.07) is 0.607. The molecule has 0 fully saturated rings. The second-order valence-corrected chi connectivity index (χ2v) is 6.24. The van der Waals surface area contributed by atoms with Crippen molar-refractivity contribution in [1.29, 1.82) is 0 Å². The average molecular weight is 281 g/mol. The van der Waals surface area contributed by atoms with Crippen LogP contribution in [0.2, 0.25) is 0 Å². The van der Waals surface area contributed by atoms with Crippen molar-refractivity contribution in [2.24, 2.45) is 5.10 Å². The first-order valence-corrected chi connectivity index (χ1v) is 8.88. The van der Waals surface area contributed by atoms with Crippen LogP contribution in [0.3, 0.4) is 0 Å². The molecule has 0 spiro atoms. The smallest absolute Gasteiger partial charge is 0.0569 e. The molecular weight excluding hydrogens is 246 g/mol. The first-order valence-electron chi connectivity index (χ1n) is 8.88. The zero-order chi connectivity index (χ0) is 14.5. The maximum atomic E-state index is 4.04. The molecule has 0 radical (unpaired) electrons. The number of nitrogens with zero attached hydrogens (tertiary/aromatic N) is 2. The summed E-state index contributed by atoms with van der Waals surface area (Å²) < 4.78 is 0. The van der Waals surface area contributed by atoms with E-state index in [1.165, 1.54) is 77.0 Å². The Bertz CT molecular complexity index is 232. The lowest BCUT2D eigenvalue weighted by atomic mass is 10.0. The van der Waals surface area contributed by atoms with Gasteiger partial charge in [0.25, 0.3) is 0 Å². The SMILES string of the molecule is CCCCCCCCCCCCCC(C)N1CC=NN1. The Morgan fingerprint density at radius 2 is 1.50 bits per heavy atom. The zero-order valence-corrected chi connectivity index (χ0v) is 13.7. The largest absolute Gasteiger partial charge is 0.240 e. The van der Waals surface area contributed by atoms with Crippen LogP contribution < -0.4 is 5.53 Å². The molecule has 3 nitrogen and oxygen atoms in total. The van der Waals surface area contributed by atoms with Gasteiger partial charge in [0.15, 0.2) is 0 Å². The monoisotopic (exact) mass is 281 g/mol. The molecule has 20 heavy (non-hydrogen) atoms. The molecule has 1 unspecified atom stereocenters. The fourth-order valence-electron chi connectivity index (χ4n) is 2.82. The van der Waals surface area contributed by atoms with Gasteiger partial charge in [-0.05, 0) is 13.3 Å². The number of hydrogen-bond acceptors (Lipinski definition) is 3. The number of nitrogens with one attached hydrogen (secondary N) is 1. The van der Waals surface area contributed by atoms with E-state index in [2.05, 4.69) is 29.5 Å². The average Bonchev–Trinajstić information content (AvgIpc) is 2.99. The van der Waals surface area contributed by atoms with Crippen LogP contribution in [-0.4, -0.2) is 23.8 Å². The molecule has 0 saturated carbocycles. The minimum atomic E-state index is 0.607. The molecule has 1 heterocycles. The van der Waals surface area contributed by atoms with Crippen molar-refractivity contribution < 1.29 is 0 Å². The van der Waals surface area contributed by atoms with Crippen molar-refractivity contribution in [2.45, 2.75) is 96.9 Å². The summed E-state index contributed by atoms with van der Waals surface area (Å²) in [7, 11) is 0. The maximum absolute atomic E-state index is 4.04. The summed E-state index contributed by atoms with van der Waals surface area (Å²) in [5.74, 6) is 0. The lowest BCUT2D eigenvalue weighted by Gasteiger charge is -2.22. The van der Waals surface area contributed by atoms with Crippen LogP contribution in [0.1, 0.15) is 90.9 Å². The molecule has 1 atom stereocenters. The van der Waals surface area contributed by atoms with Crippen molar-refractivity contribution in [3.8, 4) is 0 Å². The number of hydrazine groups is 1. The number of rotatable bonds is 13. The molecule has 3 heteroatoms. The highest BCUT2D eigenvalue weighted by Crippen LogP contribution is 2.13. The van der Waals surface area contributed by atoms with Gasteiger partial charge in [-0.2, -0.15) is 10.1 Å². The number of hydrazone groups is 1. The lowest BCUT2D eigenvalue weighted by Crippen LogP contribution is -2.38. The number of unbranched alkanes of at least 4 members (excludes halogenated alkanes) is 10. The molecule has 118 valence electrons. The van der Waals surface area contributed by atoms with Gasteiger partial charge >= 0.3 is 0 Å². The normalized spacial score (nSPS) is 16.5. The molecule has 0 aromatic carbocycles. The minimum Gasteiger partial charge on any atom is -0.240 e. The van der Waals surface area contributed by atoms with Crippen LogP contribution >= 0.6 is 0 Å². The summed E-state index contributed by atoms with van der Waals surface area (Å²) in [5.41, 5.74) is 3.05. The van der Waals surface area contributed by atoms with Crippen molar-refractivity contribution in [3.05, 3.63) is 0 Å². The van der Waals surface area contributed by atoms with Gasteiger partial charge in [-0.25, -0.2) is 5.53 Å². The van der Waals surface area contributed by atoms with Gasteiger partial charge in [-0.1, -0.05) is 77.6 Å². The van der Waals surface area contributed by atoms with E-state index >= 15 is 0 Å². The van der Waals surface area contributed by atoms with E-state index in [0.29, 0.717) is 6.04 Å². The third kappa shape index (κ3) is 8.57. The molecule has 0 bridgehead atoms. The van der Waals surface area contributed by atoms with Crippen LogP contribution in [0, 0.1) is 0 Å². The molecule has 0 aromatic heterocycles. The van der Waals surface area contributed by atoms with E-state index in [1.807, 2.05) is 6.21 Å². The maximum Gasteiger partial charge on any atom is 0.0569 e. The van der Waals surface area contributed by atoms with Crippen LogP contribution in [0.15, 0.2) is 5.10 Å². The number of hydrogen-bond donors (Lipinski definition) is 1. The van der Waals surface area contributed by atoms with Crippen LogP contribution in [0.4, 0.5) is 0 Å². The first-order chi connectivity index (χ1) is 9.84. The standard InChI is InChI=1S/C17H35N3/c1-3-4-5-6-7-8-9-10-11-12-13-14-17(2)20-16-15-18-19-20/h15,17,19H,3-14,16H2,1-2H3. The molecule has 1 rings (SSSR count). The Morgan fingerprint density at radius 3 is 2.00 bits per heavy atom. The highest BCUT2D eigenvalue weighted by atomic mass is 15.7. The summed E-state index contributed by atoms with van der Waals surface area (Å²) in [4.78, 5) is 0. The predicted molar refractivity (Wildman–Crippen MR) is 88.9 cm³/mol. The Morgan fingerprint density at radius 1 is 0.950 bits per heavy atom. The van der Waals surface area contributed by atoms with Gasteiger partial charge in [0.1, 0.15) is 0 Å². The molecule has 1 N–H and O–H groups in total. The van der Waals surface area contributed by atoms with Crippen LogP contribution in [-0.2, 0) is 0 Å². The van der Waals surface area contributed by atoms with Crippen molar-refractivity contribution >= 4 is 6.21 Å². The summed E-state index contributed by atoms with van der Waals surface area (Å²) in [6.07, 6.45) is 18.9. The van der Waals surface area contributed by atoms with E-state index in [1.54, 1.807) is 0 Å². The zero-order valence-electron chi connectivity index (χ0n) is 13.7. The van der Waals surface area contributed by atoms with Gasteiger partial charge in [-0.3, -0.25) is 0 Å². The van der Waals surface area contributed by atoms with Crippen LogP contribution in [0.5, 0.6) is 0 Å². The first kappa shape index (κ1) is 17.5. The van der Waals surface area contributed by atoms with Gasteiger partial charge in [-0.15, -0.1) is 0 Å². The van der Waals surface area contributed by atoms with Crippen molar-refractivity contribution in [1.82, 2.24) is 10.5 Å². The Hall–Kier alpha value is -0.570. The van der Waals surface area contributed by atoms with E-state index in [-0.39, 0.29) is 0 Å². The van der Waals surface area contributed by atoms with E-state index < -0.39 is 0 Å². The van der Waals surface area contributed by atoms with Gasteiger partial charge in [0.05, 0.1) is 6.54 Å². The Kier molecular flexibility index (Phi) is 10.7. The van der Waals surface area contributed by atoms with Crippen molar-refractivity contribution in [2.75, 3.05) is 6.54 Å². The second kappa shape index (κ2) is 12.2. The molecule has 0 aromatic rings. The van der Waals surface area contributed by atoms with Gasteiger partial charge in [0.2, 0.25) is 0 Å². The highest BCUT2D eigenvalue weighted by Gasteiger charge is 2.14. The van der Waals surface area contributed by atoms with Gasteiger partial charge in [0, 0.05) is 12.3 Å². The fourth-order valence-corrected chi connectivity index (χ4v) is 2.82. The van der Waals surface area contributed by atoms with E-state index in [9.17, 15) is 0 Å². The van der Waals surface area contributed by atoms with Crippen LogP contribution in [0.25, 0.3) is 0 Å². The molecule has 1 aliphatic heterocycles.